The molecule has 4 aromatic carbocycles. The molecule has 226 valence electrons. The van der Waals surface area contributed by atoms with Crippen LogP contribution in [-0.4, -0.2) is 51.1 Å². The number of phenols is 1. The van der Waals surface area contributed by atoms with Crippen molar-refractivity contribution in [1.29, 1.82) is 0 Å². The first-order chi connectivity index (χ1) is 19.9. The zero-order chi connectivity index (χ0) is 31.9. The maximum atomic E-state index is 12.3. The first kappa shape index (κ1) is 31.2. The summed E-state index contributed by atoms with van der Waals surface area (Å²) in [4.78, 5) is -2.90. The summed E-state index contributed by atoms with van der Waals surface area (Å²) in [5.41, 5.74) is 8.91. The average Bonchev–Trinajstić information content (AvgIpc) is 2.90. The summed E-state index contributed by atoms with van der Waals surface area (Å²) in [6.45, 7) is 0. The van der Waals surface area contributed by atoms with Crippen molar-refractivity contribution in [2.45, 2.75) is 14.7 Å². The minimum atomic E-state index is -5.21. The molecule has 0 atom stereocenters. The van der Waals surface area contributed by atoms with Gasteiger partial charge in [0.15, 0.2) is 5.75 Å². The molecule has 8 N–H and O–H groups in total. The maximum absolute atomic E-state index is 12.3. The van der Waals surface area contributed by atoms with Crippen LogP contribution in [0.25, 0.3) is 10.8 Å². The van der Waals surface area contributed by atoms with E-state index in [1.807, 2.05) is 0 Å². The molecule has 0 fully saturated rings. The zero-order valence-electron chi connectivity index (χ0n) is 21.5. The van der Waals surface area contributed by atoms with Gasteiger partial charge >= 0.3 is 0 Å². The normalized spacial score (nSPS) is 12.8. The number of anilines is 2. The van der Waals surface area contributed by atoms with Gasteiger partial charge in [-0.3, -0.25) is 13.7 Å². The molecule has 0 heterocycles. The summed E-state index contributed by atoms with van der Waals surface area (Å²) < 4.78 is 107. The van der Waals surface area contributed by atoms with E-state index in [0.717, 1.165) is 18.2 Å². The Morgan fingerprint density at radius 2 is 1.23 bits per heavy atom. The van der Waals surface area contributed by atoms with E-state index in [4.69, 9.17) is 16.2 Å². The van der Waals surface area contributed by atoms with E-state index in [1.54, 1.807) is 18.2 Å². The summed E-state index contributed by atoms with van der Waals surface area (Å²) in [6.07, 6.45) is 0. The van der Waals surface area contributed by atoms with Gasteiger partial charge in [-0.15, -0.1) is 15.3 Å². The Labute approximate surface area is 243 Å². The van der Waals surface area contributed by atoms with Crippen molar-refractivity contribution in [3.8, 4) is 11.5 Å². The smallest absolute Gasteiger partial charge is 0.296 e. The second-order valence-corrected chi connectivity index (χ2v) is 12.7. The van der Waals surface area contributed by atoms with Crippen molar-refractivity contribution in [3.63, 3.8) is 0 Å². The fourth-order valence-corrected chi connectivity index (χ4v) is 5.81. The maximum Gasteiger partial charge on any atom is 0.296 e. The lowest BCUT2D eigenvalue weighted by atomic mass is 10.1. The zero-order valence-corrected chi connectivity index (χ0v) is 24.0. The molecule has 4 aromatic rings. The predicted molar refractivity (Wildman–Crippen MR) is 152 cm³/mol. The van der Waals surface area contributed by atoms with E-state index in [0.29, 0.717) is 6.07 Å². The third kappa shape index (κ3) is 6.38. The third-order valence-electron chi connectivity index (χ3n) is 5.74. The molecule has 0 bridgehead atoms. The molecule has 0 radical (unpaired) electrons. The van der Waals surface area contributed by atoms with Crippen molar-refractivity contribution in [1.82, 2.24) is 0 Å². The molecule has 0 saturated heterocycles. The summed E-state index contributed by atoms with van der Waals surface area (Å²) in [5, 5.41) is 25.1. The highest BCUT2D eigenvalue weighted by molar-refractivity contribution is 7.86. The van der Waals surface area contributed by atoms with Crippen LogP contribution in [-0.2, 0) is 30.4 Å². The number of nitrogens with zero attached hydrogens (tertiary/aromatic N) is 4. The van der Waals surface area contributed by atoms with Crippen molar-refractivity contribution in [3.05, 3.63) is 54.6 Å². The number of methoxy groups -OCH3 is 1. The number of benzene rings is 4. The number of rotatable bonds is 8. The van der Waals surface area contributed by atoms with Gasteiger partial charge in [-0.25, -0.2) is 0 Å². The monoisotopic (exact) mass is 652 g/mol. The first-order valence-corrected chi connectivity index (χ1v) is 15.7. The summed E-state index contributed by atoms with van der Waals surface area (Å²) in [5.74, 6) is -1.10. The molecule has 0 unspecified atom stereocenters. The Morgan fingerprint density at radius 1 is 0.698 bits per heavy atom. The quantitative estimate of drug-likeness (QED) is 0.0880. The van der Waals surface area contributed by atoms with E-state index in [9.17, 15) is 44.0 Å². The summed E-state index contributed by atoms with van der Waals surface area (Å²) in [6, 6.07) is 11.0. The Hall–Kier alpha value is -4.73. The van der Waals surface area contributed by atoms with E-state index < -0.39 is 84.3 Å². The van der Waals surface area contributed by atoms with Gasteiger partial charge in [0, 0.05) is 6.07 Å². The number of hydrogen-bond acceptors (Lipinski definition) is 14. The van der Waals surface area contributed by atoms with E-state index >= 15 is 0 Å². The van der Waals surface area contributed by atoms with Crippen LogP contribution in [0.15, 0.2) is 89.7 Å². The molecule has 17 nitrogen and oxygen atoms in total. The van der Waals surface area contributed by atoms with Gasteiger partial charge in [-0.2, -0.15) is 30.4 Å². The van der Waals surface area contributed by atoms with Gasteiger partial charge < -0.3 is 21.3 Å². The van der Waals surface area contributed by atoms with E-state index in [-0.39, 0.29) is 17.1 Å². The molecule has 0 aliphatic carbocycles. The number of azo groups is 2. The van der Waals surface area contributed by atoms with Crippen LogP contribution in [0.5, 0.6) is 11.5 Å². The molecule has 20 heteroatoms. The number of fused-ring (bicyclic) bond motifs is 1. The van der Waals surface area contributed by atoms with Crippen molar-refractivity contribution in [2.24, 2.45) is 20.5 Å². The molecular weight excluding hydrogens is 632 g/mol. The molecule has 4 rings (SSSR count). The third-order valence-corrected chi connectivity index (χ3v) is 8.36. The largest absolute Gasteiger partial charge is 0.505 e. The first-order valence-electron chi connectivity index (χ1n) is 11.3. The number of phenolic OH excluding ortho intramolecular Hbond substituents is 1. The molecule has 0 aliphatic heterocycles. The lowest BCUT2D eigenvalue weighted by Crippen LogP contribution is -2.04. The summed E-state index contributed by atoms with van der Waals surface area (Å²) in [7, 11) is -14.1. The van der Waals surface area contributed by atoms with Crippen LogP contribution in [0.2, 0.25) is 0 Å². The van der Waals surface area contributed by atoms with Gasteiger partial charge in [0.25, 0.3) is 30.4 Å². The predicted octanol–water partition coefficient (Wildman–Crippen LogP) is 4.29. The SMILES string of the molecule is COc1cc(N=Nc2c(S(=O)(=O)O)cc3cc(S(=O)(=O)O)c(N=Nc4ccccc4)c(O)c3c2N)c(S(=O)(=O)O)cc1N. The molecule has 0 saturated carbocycles. The Balaban J connectivity index is 2.07. The van der Waals surface area contributed by atoms with Crippen LogP contribution in [0.4, 0.5) is 34.1 Å². The standard InChI is InChI=1S/C23H20N6O11S3/c1-40-15-10-14(16(9-13(15)24)41(31,32)33)27-28-21-17(42(34,35)36)7-11-8-18(43(37,38)39)22(23(30)19(11)20(21)25)29-26-12-5-3-2-4-6-12/h2-10,30H,24-25H2,1H3,(H,31,32,33)(H,34,35,36)(H,37,38,39). The van der Waals surface area contributed by atoms with Crippen LogP contribution < -0.4 is 16.2 Å². The summed E-state index contributed by atoms with van der Waals surface area (Å²) >= 11 is 0. The van der Waals surface area contributed by atoms with Crippen LogP contribution in [0.1, 0.15) is 0 Å². The molecular formula is C23H20N6O11S3. The Bertz CT molecular complexity index is 2170. The van der Waals surface area contributed by atoms with E-state index in [1.165, 1.54) is 19.2 Å². The average molecular weight is 653 g/mol. The van der Waals surface area contributed by atoms with Crippen molar-refractivity contribution < 1.29 is 48.8 Å². The minimum absolute atomic E-state index is 0.105. The lowest BCUT2D eigenvalue weighted by Gasteiger charge is -2.14. The lowest BCUT2D eigenvalue weighted by molar-refractivity contribution is 0.416. The van der Waals surface area contributed by atoms with Crippen molar-refractivity contribution >= 4 is 75.3 Å². The molecule has 43 heavy (non-hydrogen) atoms. The number of nitrogen functional groups attached to an aromatic ring is 2. The Morgan fingerprint density at radius 3 is 1.77 bits per heavy atom. The molecule has 0 aliphatic rings. The highest BCUT2D eigenvalue weighted by atomic mass is 32.2. The van der Waals surface area contributed by atoms with Crippen LogP contribution in [0.3, 0.4) is 0 Å². The number of ether oxygens (including phenoxy) is 1. The van der Waals surface area contributed by atoms with E-state index in [2.05, 4.69) is 20.5 Å². The number of aromatic hydroxyl groups is 1. The van der Waals surface area contributed by atoms with Crippen molar-refractivity contribution in [2.75, 3.05) is 18.6 Å². The van der Waals surface area contributed by atoms with Gasteiger partial charge in [0.1, 0.15) is 37.5 Å². The molecule has 0 amide bonds. The number of nitrogens with two attached hydrogens (primary N) is 2. The fourth-order valence-electron chi connectivity index (χ4n) is 3.84. The van der Waals surface area contributed by atoms with Gasteiger partial charge in [-0.05, 0) is 35.7 Å². The topological polar surface area (TPSA) is 294 Å². The fraction of sp³-hybridized carbons (Fsp3) is 0.0435. The molecule has 0 spiro atoms. The molecule has 0 aromatic heterocycles. The van der Waals surface area contributed by atoms with Gasteiger partial charge in [-0.1, -0.05) is 18.2 Å². The van der Waals surface area contributed by atoms with Gasteiger partial charge in [0.05, 0.1) is 29.6 Å². The highest BCUT2D eigenvalue weighted by Gasteiger charge is 2.28. The second-order valence-electron chi connectivity index (χ2n) is 8.53. The number of hydrogen-bond donors (Lipinski definition) is 6. The van der Waals surface area contributed by atoms with Crippen LogP contribution in [0, 0.1) is 0 Å². The minimum Gasteiger partial charge on any atom is -0.505 e. The second kappa shape index (κ2) is 11.2. The Kier molecular flexibility index (Phi) is 8.10. The van der Waals surface area contributed by atoms with Gasteiger partial charge in [0.2, 0.25) is 0 Å². The highest BCUT2D eigenvalue weighted by Crippen LogP contribution is 2.48. The van der Waals surface area contributed by atoms with Crippen LogP contribution >= 0.6 is 0 Å².